The summed E-state index contributed by atoms with van der Waals surface area (Å²) in [5.41, 5.74) is 4.21. The number of rotatable bonds is 2. The van der Waals surface area contributed by atoms with Gasteiger partial charge in [-0.2, -0.15) is 5.26 Å². The van der Waals surface area contributed by atoms with Gasteiger partial charge in [0.2, 0.25) is 0 Å². The number of nitrogens with zero attached hydrogens (tertiary/aromatic N) is 3. The van der Waals surface area contributed by atoms with Crippen molar-refractivity contribution in [2.45, 2.75) is 32.7 Å². The van der Waals surface area contributed by atoms with Crippen LogP contribution in [0.15, 0.2) is 29.1 Å². The van der Waals surface area contributed by atoms with Crippen LogP contribution in [0, 0.1) is 11.3 Å². The van der Waals surface area contributed by atoms with E-state index in [4.69, 9.17) is 0 Å². The molecule has 0 N–H and O–H groups in total. The molecule has 0 spiro atoms. The normalized spacial score (nSPS) is 13.4. The molecule has 2 heterocycles. The Kier molecular flexibility index (Phi) is 2.88. The number of pyridine rings is 1. The molecule has 1 aromatic carbocycles. The summed E-state index contributed by atoms with van der Waals surface area (Å²) >= 11 is 0. The second-order valence-electron chi connectivity index (χ2n) is 6.04. The van der Waals surface area contributed by atoms with Crippen LogP contribution in [-0.2, 0) is 24.2 Å². The lowest BCUT2D eigenvalue weighted by Gasteiger charge is -2.08. The topological polar surface area (TPSA) is 67.3 Å². The van der Waals surface area contributed by atoms with Crippen LogP contribution >= 0.6 is 0 Å². The van der Waals surface area contributed by atoms with E-state index in [0.29, 0.717) is 11.2 Å². The highest BCUT2D eigenvalue weighted by molar-refractivity contribution is 5.87. The molecule has 0 bridgehead atoms. The average Bonchev–Trinajstić information content (AvgIpc) is 3.13. The van der Waals surface area contributed by atoms with Crippen LogP contribution in [0.4, 0.5) is 0 Å². The lowest BCUT2D eigenvalue weighted by Crippen LogP contribution is -2.20. The van der Waals surface area contributed by atoms with Gasteiger partial charge in [-0.3, -0.25) is 14.0 Å². The van der Waals surface area contributed by atoms with Gasteiger partial charge >= 0.3 is 0 Å². The Hall–Kier alpha value is -2.87. The Bertz CT molecular complexity index is 1080. The van der Waals surface area contributed by atoms with Gasteiger partial charge in [-0.15, -0.1) is 0 Å². The van der Waals surface area contributed by atoms with Crippen molar-refractivity contribution < 1.29 is 4.79 Å². The smallest absolute Gasteiger partial charge is 0.260 e. The third-order valence-corrected chi connectivity index (χ3v) is 4.58. The molecule has 1 aliphatic carbocycles. The molecule has 0 unspecified atom stereocenters. The van der Waals surface area contributed by atoms with Crippen molar-refractivity contribution in [1.82, 2.24) is 8.97 Å². The van der Waals surface area contributed by atoms with Crippen molar-refractivity contribution in [3.63, 3.8) is 0 Å². The minimum absolute atomic E-state index is 0.00918. The average molecular weight is 305 g/mol. The molecule has 0 saturated heterocycles. The minimum atomic E-state index is -0.0509. The molecule has 5 heteroatoms. The van der Waals surface area contributed by atoms with Crippen LogP contribution in [0.2, 0.25) is 0 Å². The Morgan fingerprint density at radius 2 is 1.91 bits per heavy atom. The van der Waals surface area contributed by atoms with Gasteiger partial charge in [0, 0.05) is 5.56 Å². The maximum absolute atomic E-state index is 13.0. The van der Waals surface area contributed by atoms with Crippen LogP contribution in [0.25, 0.3) is 16.7 Å². The van der Waals surface area contributed by atoms with E-state index in [0.717, 1.165) is 41.4 Å². The SMILES string of the molecule is CC(=O)Cn1c2ccccc2n2c(=O)c3c(c(C#N)c12)CCC3. The van der Waals surface area contributed by atoms with Crippen LogP contribution in [0.5, 0.6) is 0 Å². The number of aromatic nitrogens is 2. The largest absolute Gasteiger partial charge is 0.317 e. The highest BCUT2D eigenvalue weighted by Gasteiger charge is 2.26. The van der Waals surface area contributed by atoms with Crippen molar-refractivity contribution in [2.24, 2.45) is 0 Å². The van der Waals surface area contributed by atoms with Crippen LogP contribution < -0.4 is 5.56 Å². The van der Waals surface area contributed by atoms with Crippen molar-refractivity contribution in [3.05, 3.63) is 51.3 Å². The van der Waals surface area contributed by atoms with Gasteiger partial charge in [0.15, 0.2) is 0 Å². The van der Waals surface area contributed by atoms with Crippen molar-refractivity contribution >= 4 is 22.5 Å². The number of benzene rings is 1. The first kappa shape index (κ1) is 13.8. The zero-order valence-corrected chi connectivity index (χ0v) is 12.8. The summed E-state index contributed by atoms with van der Waals surface area (Å²) in [5, 5.41) is 9.71. The summed E-state index contributed by atoms with van der Waals surface area (Å²) in [6.07, 6.45) is 2.38. The van der Waals surface area contributed by atoms with E-state index in [1.54, 1.807) is 8.97 Å². The van der Waals surface area contributed by atoms with Gasteiger partial charge in [-0.1, -0.05) is 12.1 Å². The third kappa shape index (κ3) is 1.78. The number of Topliss-reactive ketones (excluding diaryl/α,β-unsaturated/α-hetero) is 1. The quantitative estimate of drug-likeness (QED) is 0.729. The molecule has 3 aromatic rings. The second-order valence-corrected chi connectivity index (χ2v) is 6.04. The molecule has 2 aromatic heterocycles. The Morgan fingerprint density at radius 3 is 2.61 bits per heavy atom. The predicted molar refractivity (Wildman–Crippen MR) is 86.6 cm³/mol. The van der Waals surface area contributed by atoms with E-state index in [-0.39, 0.29) is 17.9 Å². The summed E-state index contributed by atoms with van der Waals surface area (Å²) < 4.78 is 3.41. The van der Waals surface area contributed by atoms with Gasteiger partial charge < -0.3 is 4.57 Å². The Morgan fingerprint density at radius 1 is 1.22 bits per heavy atom. The minimum Gasteiger partial charge on any atom is -0.317 e. The number of carbonyl (C=O) groups is 1. The molecule has 0 atom stereocenters. The lowest BCUT2D eigenvalue weighted by atomic mass is 10.1. The van der Waals surface area contributed by atoms with E-state index < -0.39 is 0 Å². The summed E-state index contributed by atoms with van der Waals surface area (Å²) in [4.78, 5) is 24.7. The van der Waals surface area contributed by atoms with E-state index in [9.17, 15) is 14.9 Å². The Balaban J connectivity index is 2.31. The van der Waals surface area contributed by atoms with Crippen molar-refractivity contribution in [2.75, 3.05) is 0 Å². The molecular weight excluding hydrogens is 290 g/mol. The molecule has 0 aliphatic heterocycles. The van der Waals surface area contributed by atoms with E-state index in [1.165, 1.54) is 6.92 Å². The molecule has 23 heavy (non-hydrogen) atoms. The molecule has 0 fully saturated rings. The van der Waals surface area contributed by atoms with Crippen molar-refractivity contribution in [3.8, 4) is 6.07 Å². The number of ketones is 1. The summed E-state index contributed by atoms with van der Waals surface area (Å²) in [6.45, 7) is 1.67. The number of imidazole rings is 1. The Labute approximate surface area is 132 Å². The molecule has 1 aliphatic rings. The van der Waals surface area contributed by atoms with Crippen molar-refractivity contribution in [1.29, 1.82) is 5.26 Å². The highest BCUT2D eigenvalue weighted by atomic mass is 16.1. The van der Waals surface area contributed by atoms with E-state index in [1.807, 2.05) is 24.3 Å². The predicted octanol–water partition coefficient (Wildman–Crippen LogP) is 2.20. The first-order chi connectivity index (χ1) is 11.1. The molecule has 0 radical (unpaired) electrons. The number of carbonyl (C=O) groups excluding carboxylic acids is 1. The van der Waals surface area contributed by atoms with Gasteiger partial charge in [-0.05, 0) is 43.9 Å². The third-order valence-electron chi connectivity index (χ3n) is 4.58. The van der Waals surface area contributed by atoms with Crippen LogP contribution in [0.1, 0.15) is 30.0 Å². The second kappa shape index (κ2) is 4.82. The number of hydrogen-bond donors (Lipinski definition) is 0. The van der Waals surface area contributed by atoms with Crippen LogP contribution in [0.3, 0.4) is 0 Å². The number of fused-ring (bicyclic) bond motifs is 4. The van der Waals surface area contributed by atoms with E-state index in [2.05, 4.69) is 6.07 Å². The maximum Gasteiger partial charge on any atom is 0.260 e. The summed E-state index contributed by atoms with van der Waals surface area (Å²) in [5.74, 6) is -0.00918. The zero-order valence-electron chi connectivity index (χ0n) is 12.8. The van der Waals surface area contributed by atoms with Gasteiger partial charge in [0.25, 0.3) is 5.56 Å². The summed E-state index contributed by atoms with van der Waals surface area (Å²) in [7, 11) is 0. The van der Waals surface area contributed by atoms with Gasteiger partial charge in [-0.25, -0.2) is 0 Å². The molecule has 0 amide bonds. The lowest BCUT2D eigenvalue weighted by molar-refractivity contribution is -0.117. The zero-order chi connectivity index (χ0) is 16.1. The molecule has 5 nitrogen and oxygen atoms in total. The fraction of sp³-hybridized carbons (Fsp3) is 0.278. The number of hydrogen-bond acceptors (Lipinski definition) is 3. The molecule has 114 valence electrons. The first-order valence-electron chi connectivity index (χ1n) is 7.70. The fourth-order valence-corrected chi connectivity index (χ4v) is 3.71. The van der Waals surface area contributed by atoms with E-state index >= 15 is 0 Å². The molecule has 0 saturated carbocycles. The number of para-hydroxylation sites is 2. The standard InChI is InChI=1S/C18H15N3O2/c1-11(22)10-20-15-7-2-3-8-16(15)21-17(20)14(9-19)12-5-4-6-13(12)18(21)23/h2-3,7-8H,4-6,10H2,1H3. The fourth-order valence-electron chi connectivity index (χ4n) is 3.71. The van der Waals surface area contributed by atoms with Crippen LogP contribution in [-0.4, -0.2) is 14.8 Å². The van der Waals surface area contributed by atoms with Gasteiger partial charge in [0.1, 0.15) is 17.5 Å². The first-order valence-corrected chi connectivity index (χ1v) is 7.70. The number of nitriles is 1. The monoisotopic (exact) mass is 305 g/mol. The van der Waals surface area contributed by atoms with Gasteiger partial charge in [0.05, 0.1) is 23.1 Å². The molecule has 4 rings (SSSR count). The summed E-state index contributed by atoms with van der Waals surface area (Å²) in [6, 6.07) is 9.77. The molecular formula is C18H15N3O2. The highest BCUT2D eigenvalue weighted by Crippen LogP contribution is 2.29. The maximum atomic E-state index is 13.0.